The monoisotopic (exact) mass is 259 g/mol. The fraction of sp³-hybridized carbons (Fsp3) is 0.385. The Bertz CT molecular complexity index is 373. The minimum absolute atomic E-state index is 0.0624. The van der Waals surface area contributed by atoms with Crippen molar-refractivity contribution in [1.82, 2.24) is 5.32 Å². The maximum absolute atomic E-state index is 12.0. The van der Waals surface area contributed by atoms with E-state index in [1.165, 1.54) is 12.1 Å². The number of rotatable bonds is 6. The first kappa shape index (κ1) is 14.6. The van der Waals surface area contributed by atoms with Gasteiger partial charge in [0.15, 0.2) is 0 Å². The van der Waals surface area contributed by atoms with Crippen LogP contribution in [0.4, 0.5) is 13.2 Å². The Labute approximate surface area is 104 Å². The first-order valence-electron chi connectivity index (χ1n) is 5.66. The predicted molar refractivity (Wildman–Crippen MR) is 64.4 cm³/mol. The lowest BCUT2D eigenvalue weighted by Gasteiger charge is -2.17. The summed E-state index contributed by atoms with van der Waals surface area (Å²) in [6.45, 7) is 6.41. The summed E-state index contributed by atoms with van der Waals surface area (Å²) < 4.78 is 39.8. The molecule has 1 N–H and O–H groups in total. The third kappa shape index (κ3) is 4.79. The topological polar surface area (TPSA) is 21.3 Å². The Kier molecular flexibility index (Phi) is 5.22. The molecule has 0 aliphatic carbocycles. The third-order valence-electron chi connectivity index (χ3n) is 2.37. The highest BCUT2D eigenvalue weighted by Gasteiger charge is 2.31. The summed E-state index contributed by atoms with van der Waals surface area (Å²) in [6.07, 6.45) is -2.16. The van der Waals surface area contributed by atoms with Crippen LogP contribution in [0.2, 0.25) is 0 Å². The van der Waals surface area contributed by atoms with Gasteiger partial charge in [-0.05, 0) is 30.7 Å². The fourth-order valence-corrected chi connectivity index (χ4v) is 1.65. The van der Waals surface area contributed by atoms with Gasteiger partial charge in [-0.1, -0.05) is 25.1 Å². The van der Waals surface area contributed by atoms with Crippen LogP contribution in [-0.4, -0.2) is 12.9 Å². The van der Waals surface area contributed by atoms with Crippen LogP contribution < -0.4 is 10.1 Å². The molecule has 1 aromatic carbocycles. The molecule has 2 nitrogen and oxygen atoms in total. The van der Waals surface area contributed by atoms with Crippen LogP contribution in [0.5, 0.6) is 5.75 Å². The summed E-state index contributed by atoms with van der Waals surface area (Å²) >= 11 is 0. The molecule has 0 heterocycles. The summed E-state index contributed by atoms with van der Waals surface area (Å²) in [7, 11) is 0. The molecule has 0 aliphatic heterocycles. The Morgan fingerprint density at radius 2 is 1.94 bits per heavy atom. The van der Waals surface area contributed by atoms with E-state index in [2.05, 4.69) is 16.6 Å². The van der Waals surface area contributed by atoms with Crippen molar-refractivity contribution in [2.45, 2.75) is 25.7 Å². The highest BCUT2D eigenvalue weighted by atomic mass is 19.4. The fourth-order valence-electron chi connectivity index (χ4n) is 1.65. The van der Waals surface area contributed by atoms with E-state index in [9.17, 15) is 13.2 Å². The van der Waals surface area contributed by atoms with E-state index >= 15 is 0 Å². The van der Waals surface area contributed by atoms with Crippen molar-refractivity contribution in [3.8, 4) is 5.75 Å². The zero-order chi connectivity index (χ0) is 13.6. The second-order valence-electron chi connectivity index (χ2n) is 3.75. The highest BCUT2D eigenvalue weighted by Crippen LogP contribution is 2.25. The van der Waals surface area contributed by atoms with Crippen molar-refractivity contribution >= 4 is 0 Å². The van der Waals surface area contributed by atoms with Crippen molar-refractivity contribution in [2.24, 2.45) is 0 Å². The van der Waals surface area contributed by atoms with E-state index in [0.29, 0.717) is 6.42 Å². The standard InChI is InChI=1S/C13H16F3NO/c1-3-5-12(17-4-2)10-6-8-11(9-7-10)18-13(14,15)16/h3,6-9,12,17H,1,4-5H2,2H3. The van der Waals surface area contributed by atoms with Crippen LogP contribution in [0.1, 0.15) is 24.9 Å². The average molecular weight is 259 g/mol. The molecule has 1 unspecified atom stereocenters. The Morgan fingerprint density at radius 1 is 1.33 bits per heavy atom. The first-order valence-corrected chi connectivity index (χ1v) is 5.66. The van der Waals surface area contributed by atoms with E-state index in [0.717, 1.165) is 12.1 Å². The normalized spacial score (nSPS) is 13.1. The van der Waals surface area contributed by atoms with Gasteiger partial charge in [-0.3, -0.25) is 0 Å². The molecule has 0 fully saturated rings. The van der Waals surface area contributed by atoms with Gasteiger partial charge in [-0.15, -0.1) is 19.8 Å². The first-order chi connectivity index (χ1) is 8.46. The van der Waals surface area contributed by atoms with E-state index in [-0.39, 0.29) is 11.8 Å². The van der Waals surface area contributed by atoms with Crippen LogP contribution >= 0.6 is 0 Å². The van der Waals surface area contributed by atoms with Gasteiger partial charge in [0.25, 0.3) is 0 Å². The van der Waals surface area contributed by atoms with E-state index in [1.807, 2.05) is 6.92 Å². The molecular weight excluding hydrogens is 243 g/mol. The molecule has 0 spiro atoms. The molecule has 0 saturated carbocycles. The van der Waals surface area contributed by atoms with Crippen molar-refractivity contribution in [1.29, 1.82) is 0 Å². The van der Waals surface area contributed by atoms with Gasteiger partial charge >= 0.3 is 6.36 Å². The van der Waals surface area contributed by atoms with Crippen LogP contribution in [0.15, 0.2) is 36.9 Å². The number of alkyl halides is 3. The lowest BCUT2D eigenvalue weighted by Crippen LogP contribution is -2.20. The van der Waals surface area contributed by atoms with Gasteiger partial charge in [0.2, 0.25) is 0 Å². The SMILES string of the molecule is C=CCC(NCC)c1ccc(OC(F)(F)F)cc1. The molecule has 0 amide bonds. The summed E-state index contributed by atoms with van der Waals surface area (Å²) in [5, 5.41) is 3.23. The van der Waals surface area contributed by atoms with E-state index in [1.54, 1.807) is 18.2 Å². The predicted octanol–water partition coefficient (Wildman–Crippen LogP) is 3.81. The average Bonchev–Trinajstić information content (AvgIpc) is 2.28. The third-order valence-corrected chi connectivity index (χ3v) is 2.37. The molecule has 1 atom stereocenters. The number of hydrogen-bond donors (Lipinski definition) is 1. The van der Waals surface area contributed by atoms with Gasteiger partial charge in [-0.25, -0.2) is 0 Å². The maximum atomic E-state index is 12.0. The Hall–Kier alpha value is -1.49. The maximum Gasteiger partial charge on any atom is 0.573 e. The second kappa shape index (κ2) is 6.44. The number of ether oxygens (including phenoxy) is 1. The van der Waals surface area contributed by atoms with Gasteiger partial charge in [0.1, 0.15) is 5.75 Å². The summed E-state index contributed by atoms with van der Waals surface area (Å²) in [6, 6.07) is 5.94. The molecule has 0 saturated heterocycles. The highest BCUT2D eigenvalue weighted by molar-refractivity contribution is 5.29. The minimum Gasteiger partial charge on any atom is -0.406 e. The smallest absolute Gasteiger partial charge is 0.406 e. The molecule has 100 valence electrons. The van der Waals surface area contributed by atoms with Gasteiger partial charge in [-0.2, -0.15) is 0 Å². The molecule has 0 radical (unpaired) electrons. The quantitative estimate of drug-likeness (QED) is 0.784. The van der Waals surface area contributed by atoms with Gasteiger partial charge in [0, 0.05) is 6.04 Å². The molecule has 0 bridgehead atoms. The van der Waals surface area contributed by atoms with Crippen LogP contribution in [0.25, 0.3) is 0 Å². The zero-order valence-corrected chi connectivity index (χ0v) is 10.1. The number of hydrogen-bond acceptors (Lipinski definition) is 2. The van der Waals surface area contributed by atoms with Crippen molar-refractivity contribution in [3.05, 3.63) is 42.5 Å². The molecule has 0 aromatic heterocycles. The van der Waals surface area contributed by atoms with Crippen molar-refractivity contribution < 1.29 is 17.9 Å². The minimum atomic E-state index is -4.65. The molecule has 1 aromatic rings. The molecule has 5 heteroatoms. The molecule has 18 heavy (non-hydrogen) atoms. The largest absolute Gasteiger partial charge is 0.573 e. The molecule has 0 aliphatic rings. The van der Waals surface area contributed by atoms with Crippen LogP contribution in [-0.2, 0) is 0 Å². The lowest BCUT2D eigenvalue weighted by atomic mass is 10.0. The number of benzene rings is 1. The van der Waals surface area contributed by atoms with E-state index in [4.69, 9.17) is 0 Å². The molecular formula is C13H16F3NO. The van der Waals surface area contributed by atoms with Gasteiger partial charge < -0.3 is 10.1 Å². The van der Waals surface area contributed by atoms with Gasteiger partial charge in [0.05, 0.1) is 0 Å². The van der Waals surface area contributed by atoms with Crippen molar-refractivity contribution in [3.63, 3.8) is 0 Å². The summed E-state index contributed by atoms with van der Waals surface area (Å²) in [5.74, 6) is -0.208. The van der Waals surface area contributed by atoms with Crippen LogP contribution in [0, 0.1) is 0 Å². The number of halogens is 3. The van der Waals surface area contributed by atoms with E-state index < -0.39 is 6.36 Å². The summed E-state index contributed by atoms with van der Waals surface area (Å²) in [5.41, 5.74) is 0.909. The lowest BCUT2D eigenvalue weighted by molar-refractivity contribution is -0.274. The Morgan fingerprint density at radius 3 is 2.39 bits per heavy atom. The van der Waals surface area contributed by atoms with Crippen molar-refractivity contribution in [2.75, 3.05) is 6.54 Å². The Balaban J connectivity index is 2.76. The molecule has 1 rings (SSSR count). The number of nitrogens with one attached hydrogen (secondary N) is 1. The van der Waals surface area contributed by atoms with Crippen LogP contribution in [0.3, 0.4) is 0 Å². The zero-order valence-electron chi connectivity index (χ0n) is 10.1. The summed E-state index contributed by atoms with van der Waals surface area (Å²) in [4.78, 5) is 0. The second-order valence-corrected chi connectivity index (χ2v) is 3.75.